The van der Waals surface area contributed by atoms with Crippen molar-refractivity contribution in [3.05, 3.63) is 48.3 Å². The zero-order valence-electron chi connectivity index (χ0n) is 12.4. The zero-order valence-corrected chi connectivity index (χ0v) is 12.4. The van der Waals surface area contributed by atoms with Gasteiger partial charge >= 0.3 is 0 Å². The number of pyridine rings is 1. The standard InChI is InChI=1S/C16H14N6O/c1-22(15-5-2-11(7-17)8-18-15)10-16(23)20-13-4-3-12-9-19-21-14(12)6-13/h2-6,8-9H,10H2,1H3,(H,19,21)(H,20,23). The minimum atomic E-state index is -0.155. The lowest BCUT2D eigenvalue weighted by Crippen LogP contribution is -2.30. The van der Waals surface area contributed by atoms with E-state index in [1.54, 1.807) is 30.3 Å². The second-order valence-corrected chi connectivity index (χ2v) is 5.09. The average Bonchev–Trinajstić information content (AvgIpc) is 3.02. The number of hydrogen-bond donors (Lipinski definition) is 2. The summed E-state index contributed by atoms with van der Waals surface area (Å²) in [6.45, 7) is 0.153. The number of rotatable bonds is 4. The molecule has 0 unspecified atom stereocenters. The number of carbonyl (C=O) groups is 1. The van der Waals surface area contributed by atoms with Crippen molar-refractivity contribution in [2.24, 2.45) is 0 Å². The first-order chi connectivity index (χ1) is 11.2. The fraction of sp³-hybridized carbons (Fsp3) is 0.125. The second-order valence-electron chi connectivity index (χ2n) is 5.09. The monoisotopic (exact) mass is 306 g/mol. The van der Waals surface area contributed by atoms with Crippen LogP contribution in [-0.2, 0) is 4.79 Å². The molecule has 2 N–H and O–H groups in total. The van der Waals surface area contributed by atoms with Crippen LogP contribution in [0.15, 0.2) is 42.7 Å². The molecule has 114 valence electrons. The van der Waals surface area contributed by atoms with Gasteiger partial charge in [0.15, 0.2) is 0 Å². The van der Waals surface area contributed by atoms with E-state index in [1.165, 1.54) is 6.20 Å². The van der Waals surface area contributed by atoms with Crippen molar-refractivity contribution in [2.45, 2.75) is 0 Å². The summed E-state index contributed by atoms with van der Waals surface area (Å²) < 4.78 is 0. The Hall–Kier alpha value is -3.40. The van der Waals surface area contributed by atoms with Gasteiger partial charge in [-0.3, -0.25) is 9.89 Å². The molecule has 0 aliphatic rings. The quantitative estimate of drug-likeness (QED) is 0.767. The third kappa shape index (κ3) is 3.27. The number of benzene rings is 1. The van der Waals surface area contributed by atoms with Crippen LogP contribution in [0.1, 0.15) is 5.56 Å². The summed E-state index contributed by atoms with van der Waals surface area (Å²) in [5, 5.41) is 19.4. The molecule has 3 aromatic rings. The molecule has 0 radical (unpaired) electrons. The van der Waals surface area contributed by atoms with Crippen LogP contribution in [0.25, 0.3) is 10.9 Å². The number of nitrogens with zero attached hydrogens (tertiary/aromatic N) is 4. The van der Waals surface area contributed by atoms with Gasteiger partial charge in [-0.1, -0.05) is 0 Å². The number of aromatic amines is 1. The zero-order chi connectivity index (χ0) is 16.2. The highest BCUT2D eigenvalue weighted by Gasteiger charge is 2.09. The van der Waals surface area contributed by atoms with Gasteiger partial charge in [-0.05, 0) is 30.3 Å². The van der Waals surface area contributed by atoms with Crippen LogP contribution in [0.4, 0.5) is 11.5 Å². The van der Waals surface area contributed by atoms with Crippen LogP contribution >= 0.6 is 0 Å². The SMILES string of the molecule is CN(CC(=O)Nc1ccc2cn[nH]c2c1)c1ccc(C#N)cn1. The van der Waals surface area contributed by atoms with E-state index >= 15 is 0 Å². The fourth-order valence-electron chi connectivity index (χ4n) is 2.19. The van der Waals surface area contributed by atoms with Gasteiger partial charge in [0.05, 0.1) is 23.8 Å². The Morgan fingerprint density at radius 3 is 2.96 bits per heavy atom. The summed E-state index contributed by atoms with van der Waals surface area (Å²) in [5.74, 6) is 0.473. The molecular weight excluding hydrogens is 292 g/mol. The summed E-state index contributed by atoms with van der Waals surface area (Å²) in [5.41, 5.74) is 2.05. The van der Waals surface area contributed by atoms with Crippen LogP contribution < -0.4 is 10.2 Å². The molecule has 0 saturated heterocycles. The number of likely N-dealkylation sites (N-methyl/N-ethyl adjacent to an activating group) is 1. The number of nitrogens with one attached hydrogen (secondary N) is 2. The number of hydrogen-bond acceptors (Lipinski definition) is 5. The molecule has 1 amide bonds. The van der Waals surface area contributed by atoms with Crippen LogP contribution in [0.2, 0.25) is 0 Å². The second kappa shape index (κ2) is 6.15. The Morgan fingerprint density at radius 1 is 1.35 bits per heavy atom. The summed E-state index contributed by atoms with van der Waals surface area (Å²) in [6, 6.07) is 10.9. The largest absolute Gasteiger partial charge is 0.350 e. The van der Waals surface area contributed by atoms with E-state index < -0.39 is 0 Å². The lowest BCUT2D eigenvalue weighted by molar-refractivity contribution is -0.114. The summed E-state index contributed by atoms with van der Waals surface area (Å²) >= 11 is 0. The van der Waals surface area contributed by atoms with E-state index in [9.17, 15) is 4.79 Å². The number of amides is 1. The first kappa shape index (κ1) is 14.5. The van der Waals surface area contributed by atoms with Crippen molar-refractivity contribution >= 4 is 28.3 Å². The third-order valence-electron chi connectivity index (χ3n) is 3.37. The molecule has 1 aromatic carbocycles. The number of nitriles is 1. The summed E-state index contributed by atoms with van der Waals surface area (Å²) in [4.78, 5) is 18.0. The van der Waals surface area contributed by atoms with Crippen LogP contribution in [0.5, 0.6) is 0 Å². The van der Waals surface area contributed by atoms with E-state index in [1.807, 2.05) is 24.3 Å². The number of carbonyl (C=O) groups excluding carboxylic acids is 1. The number of H-pyrrole nitrogens is 1. The number of fused-ring (bicyclic) bond motifs is 1. The van der Waals surface area contributed by atoms with Gasteiger partial charge in [0.25, 0.3) is 0 Å². The Kier molecular flexibility index (Phi) is 3.89. The smallest absolute Gasteiger partial charge is 0.243 e. The molecular formula is C16H14N6O. The first-order valence-electron chi connectivity index (χ1n) is 6.96. The van der Waals surface area contributed by atoms with Crippen LogP contribution in [0.3, 0.4) is 0 Å². The predicted octanol–water partition coefficient (Wildman–Crippen LogP) is 1.90. The molecule has 2 aromatic heterocycles. The van der Waals surface area contributed by atoms with Crippen molar-refractivity contribution < 1.29 is 4.79 Å². The van der Waals surface area contributed by atoms with E-state index in [0.717, 1.165) is 10.9 Å². The van der Waals surface area contributed by atoms with Gasteiger partial charge < -0.3 is 10.2 Å². The minimum absolute atomic E-state index is 0.153. The summed E-state index contributed by atoms with van der Waals surface area (Å²) in [7, 11) is 1.77. The van der Waals surface area contributed by atoms with Crippen LogP contribution in [-0.4, -0.2) is 34.7 Å². The van der Waals surface area contributed by atoms with Crippen molar-refractivity contribution in [3.63, 3.8) is 0 Å². The highest BCUT2D eigenvalue weighted by molar-refractivity contribution is 5.95. The molecule has 0 spiro atoms. The Morgan fingerprint density at radius 2 is 2.22 bits per heavy atom. The van der Waals surface area contributed by atoms with Gasteiger partial charge in [-0.25, -0.2) is 4.98 Å². The van der Waals surface area contributed by atoms with E-state index in [2.05, 4.69) is 20.5 Å². The highest BCUT2D eigenvalue weighted by Crippen LogP contribution is 2.16. The molecule has 0 aliphatic heterocycles. The molecule has 3 rings (SSSR count). The van der Waals surface area contributed by atoms with Gasteiger partial charge in [0.2, 0.25) is 5.91 Å². The van der Waals surface area contributed by atoms with E-state index in [-0.39, 0.29) is 12.5 Å². The maximum atomic E-state index is 12.1. The van der Waals surface area contributed by atoms with Gasteiger partial charge in [-0.15, -0.1) is 0 Å². The minimum Gasteiger partial charge on any atom is -0.350 e. The highest BCUT2D eigenvalue weighted by atomic mass is 16.2. The molecule has 0 saturated carbocycles. The van der Waals surface area contributed by atoms with Gasteiger partial charge in [-0.2, -0.15) is 10.4 Å². The predicted molar refractivity (Wildman–Crippen MR) is 86.9 cm³/mol. The maximum absolute atomic E-state index is 12.1. The Labute approximate surface area is 132 Å². The molecule has 7 nitrogen and oxygen atoms in total. The van der Waals surface area contributed by atoms with Crippen molar-refractivity contribution in [3.8, 4) is 6.07 Å². The number of anilines is 2. The van der Waals surface area contributed by atoms with Crippen molar-refractivity contribution in [2.75, 3.05) is 23.8 Å². The molecule has 7 heteroatoms. The Balaban J connectivity index is 1.64. The lowest BCUT2D eigenvalue weighted by Gasteiger charge is -2.17. The molecule has 2 heterocycles. The molecule has 23 heavy (non-hydrogen) atoms. The van der Waals surface area contributed by atoms with Gasteiger partial charge in [0.1, 0.15) is 11.9 Å². The molecule has 0 bridgehead atoms. The van der Waals surface area contributed by atoms with Crippen molar-refractivity contribution in [1.82, 2.24) is 15.2 Å². The maximum Gasteiger partial charge on any atom is 0.243 e. The first-order valence-corrected chi connectivity index (χ1v) is 6.96. The van der Waals surface area contributed by atoms with Crippen molar-refractivity contribution in [1.29, 1.82) is 5.26 Å². The lowest BCUT2D eigenvalue weighted by atomic mass is 10.2. The fourth-order valence-corrected chi connectivity index (χ4v) is 2.19. The third-order valence-corrected chi connectivity index (χ3v) is 3.37. The molecule has 0 atom stereocenters. The van der Waals surface area contributed by atoms with Crippen LogP contribution in [0, 0.1) is 11.3 Å². The molecule has 0 aliphatic carbocycles. The molecule has 0 fully saturated rings. The van der Waals surface area contributed by atoms with E-state index in [0.29, 0.717) is 17.1 Å². The summed E-state index contributed by atoms with van der Waals surface area (Å²) in [6.07, 6.45) is 3.21. The topological polar surface area (TPSA) is 97.7 Å². The normalized spacial score (nSPS) is 10.3. The Bertz CT molecular complexity index is 877. The van der Waals surface area contributed by atoms with E-state index in [4.69, 9.17) is 5.26 Å². The average molecular weight is 306 g/mol. The van der Waals surface area contributed by atoms with Gasteiger partial charge in [0, 0.05) is 24.3 Å². The number of aromatic nitrogens is 3.